The van der Waals surface area contributed by atoms with Crippen molar-refractivity contribution in [2.75, 3.05) is 19.7 Å². The van der Waals surface area contributed by atoms with Crippen LogP contribution in [-0.2, 0) is 23.0 Å². The van der Waals surface area contributed by atoms with Gasteiger partial charge in [-0.3, -0.25) is 4.68 Å². The van der Waals surface area contributed by atoms with Crippen LogP contribution >= 0.6 is 0 Å². The van der Waals surface area contributed by atoms with Crippen LogP contribution in [0.1, 0.15) is 31.1 Å². The molecule has 0 aliphatic heterocycles. The van der Waals surface area contributed by atoms with Gasteiger partial charge in [-0.05, 0) is 18.9 Å². The fourth-order valence-corrected chi connectivity index (χ4v) is 1.92. The highest BCUT2D eigenvalue weighted by Gasteiger charge is 2.25. The van der Waals surface area contributed by atoms with E-state index in [0.29, 0.717) is 13.2 Å². The number of azide groups is 1. The molecule has 0 bridgehead atoms. The van der Waals surface area contributed by atoms with E-state index in [4.69, 9.17) is 10.3 Å². The number of aryl methyl sites for hydroxylation is 2. The summed E-state index contributed by atoms with van der Waals surface area (Å²) < 4.78 is 6.76. The summed E-state index contributed by atoms with van der Waals surface area (Å²) in [5.74, 6) is -0.351. The normalized spacial score (nSPS) is 11.8. The number of carbonyl (C=O) groups excluding carboxylic acids is 1. The van der Waals surface area contributed by atoms with Gasteiger partial charge in [-0.2, -0.15) is 5.10 Å². The van der Waals surface area contributed by atoms with Crippen LogP contribution in [0.4, 0.5) is 0 Å². The Kier molecular flexibility index (Phi) is 6.55. The van der Waals surface area contributed by atoms with Crippen molar-refractivity contribution in [1.82, 2.24) is 15.1 Å². The third kappa shape index (κ3) is 4.25. The maximum absolute atomic E-state index is 12.1. The summed E-state index contributed by atoms with van der Waals surface area (Å²) in [6, 6.07) is -0.590. The molecule has 0 amide bonds. The summed E-state index contributed by atoms with van der Waals surface area (Å²) >= 11 is 0. The molecule has 1 aromatic heterocycles. The van der Waals surface area contributed by atoms with Gasteiger partial charge in [0.25, 0.3) is 0 Å². The van der Waals surface area contributed by atoms with Gasteiger partial charge in [0.1, 0.15) is 6.04 Å². The van der Waals surface area contributed by atoms with E-state index < -0.39 is 6.04 Å². The van der Waals surface area contributed by atoms with E-state index in [1.54, 1.807) is 17.8 Å². The van der Waals surface area contributed by atoms with Gasteiger partial charge in [0.2, 0.25) is 0 Å². The molecule has 0 fully saturated rings. The number of esters is 1. The van der Waals surface area contributed by atoms with Gasteiger partial charge in [0.05, 0.1) is 12.3 Å². The zero-order chi connectivity index (χ0) is 15.0. The quantitative estimate of drug-likeness (QED) is 0.256. The minimum Gasteiger partial charge on any atom is -0.465 e. The van der Waals surface area contributed by atoms with Crippen LogP contribution in [0.25, 0.3) is 10.4 Å². The van der Waals surface area contributed by atoms with Crippen molar-refractivity contribution in [2.45, 2.75) is 26.3 Å². The van der Waals surface area contributed by atoms with Gasteiger partial charge in [0, 0.05) is 36.8 Å². The van der Waals surface area contributed by atoms with Crippen LogP contribution < -0.4 is 5.32 Å². The number of ether oxygens (including phenoxy) is 1. The fraction of sp³-hybridized carbons (Fsp3) is 0.667. The Morgan fingerprint density at radius 1 is 1.65 bits per heavy atom. The Hall–Kier alpha value is -2.05. The molecule has 0 saturated carbocycles. The molecule has 1 atom stereocenters. The lowest BCUT2D eigenvalue weighted by molar-refractivity contribution is -0.145. The molecule has 1 aromatic rings. The Morgan fingerprint density at radius 2 is 2.40 bits per heavy atom. The third-order valence-electron chi connectivity index (χ3n) is 2.73. The van der Waals surface area contributed by atoms with Crippen LogP contribution in [0, 0.1) is 0 Å². The molecular weight excluding hydrogens is 260 g/mol. The standard InChI is InChI=1S/C12H20N6O2/c1-4-10-9(8-18(3)16-10)11(12(19)20-5-2)14-6-7-15-17-13/h8,11,14H,4-7H2,1-3H3. The van der Waals surface area contributed by atoms with Gasteiger partial charge in [-0.15, -0.1) is 0 Å². The molecule has 8 nitrogen and oxygen atoms in total. The zero-order valence-corrected chi connectivity index (χ0v) is 12.0. The monoisotopic (exact) mass is 280 g/mol. The molecule has 110 valence electrons. The number of rotatable bonds is 8. The maximum Gasteiger partial charge on any atom is 0.327 e. The summed E-state index contributed by atoms with van der Waals surface area (Å²) in [6.45, 7) is 4.72. The summed E-state index contributed by atoms with van der Waals surface area (Å²) in [4.78, 5) is 14.7. The predicted molar refractivity (Wildman–Crippen MR) is 74.0 cm³/mol. The van der Waals surface area contributed by atoms with Crippen LogP contribution in [0.2, 0.25) is 0 Å². The second-order valence-corrected chi connectivity index (χ2v) is 4.15. The lowest BCUT2D eigenvalue weighted by atomic mass is 10.1. The average Bonchev–Trinajstić information content (AvgIpc) is 2.80. The number of nitrogens with zero attached hydrogens (tertiary/aromatic N) is 5. The fourth-order valence-electron chi connectivity index (χ4n) is 1.92. The Labute approximate surface area is 117 Å². The summed E-state index contributed by atoms with van der Waals surface area (Å²) in [5.41, 5.74) is 9.90. The Morgan fingerprint density at radius 3 is 3.00 bits per heavy atom. The minimum absolute atomic E-state index is 0.272. The molecule has 1 rings (SSSR count). The Bertz CT molecular complexity index is 492. The third-order valence-corrected chi connectivity index (χ3v) is 2.73. The van der Waals surface area contributed by atoms with Gasteiger partial charge in [-0.25, -0.2) is 4.79 Å². The van der Waals surface area contributed by atoms with Gasteiger partial charge >= 0.3 is 5.97 Å². The molecule has 20 heavy (non-hydrogen) atoms. The second kappa shape index (κ2) is 8.19. The van der Waals surface area contributed by atoms with Crippen molar-refractivity contribution in [3.05, 3.63) is 27.9 Å². The summed E-state index contributed by atoms with van der Waals surface area (Å²) in [6.07, 6.45) is 2.53. The predicted octanol–water partition coefficient (Wildman–Crippen LogP) is 1.49. The molecule has 8 heteroatoms. The van der Waals surface area contributed by atoms with E-state index in [1.807, 2.05) is 14.0 Å². The first kappa shape index (κ1) is 16.0. The SMILES string of the molecule is CCOC(=O)C(NCCN=[N+]=[N-])c1cn(C)nc1CC. The van der Waals surface area contributed by atoms with Crippen molar-refractivity contribution in [3.63, 3.8) is 0 Å². The number of nitrogens with one attached hydrogen (secondary N) is 1. The van der Waals surface area contributed by atoms with Crippen LogP contribution in [0.3, 0.4) is 0 Å². The lowest BCUT2D eigenvalue weighted by Crippen LogP contribution is -2.32. The minimum atomic E-state index is -0.590. The van der Waals surface area contributed by atoms with Crippen molar-refractivity contribution in [3.8, 4) is 0 Å². The van der Waals surface area contributed by atoms with Crippen LogP contribution in [-0.4, -0.2) is 35.4 Å². The Balaban J connectivity index is 2.90. The highest BCUT2D eigenvalue weighted by Crippen LogP contribution is 2.19. The number of carbonyl (C=O) groups is 1. The molecule has 0 aliphatic carbocycles. The van der Waals surface area contributed by atoms with Crippen LogP contribution in [0.5, 0.6) is 0 Å². The molecule has 0 saturated heterocycles. The molecule has 0 aromatic carbocycles. The molecule has 0 spiro atoms. The van der Waals surface area contributed by atoms with Crippen molar-refractivity contribution in [2.24, 2.45) is 12.2 Å². The van der Waals surface area contributed by atoms with E-state index in [9.17, 15) is 4.79 Å². The number of aromatic nitrogens is 2. The lowest BCUT2D eigenvalue weighted by Gasteiger charge is -2.16. The molecule has 0 radical (unpaired) electrons. The first-order chi connectivity index (χ1) is 9.63. The molecular formula is C12H20N6O2. The second-order valence-electron chi connectivity index (χ2n) is 4.15. The summed E-state index contributed by atoms with van der Waals surface area (Å²) in [7, 11) is 1.81. The summed E-state index contributed by atoms with van der Waals surface area (Å²) in [5, 5.41) is 10.8. The zero-order valence-electron chi connectivity index (χ0n) is 12.0. The van der Waals surface area contributed by atoms with Crippen molar-refractivity contribution >= 4 is 5.97 Å². The molecule has 0 aliphatic rings. The topological polar surface area (TPSA) is 105 Å². The first-order valence-electron chi connectivity index (χ1n) is 6.57. The smallest absolute Gasteiger partial charge is 0.327 e. The van der Waals surface area contributed by atoms with Crippen molar-refractivity contribution in [1.29, 1.82) is 0 Å². The highest BCUT2D eigenvalue weighted by molar-refractivity contribution is 5.78. The average molecular weight is 280 g/mol. The number of hydrogen-bond donors (Lipinski definition) is 1. The van der Waals surface area contributed by atoms with E-state index in [-0.39, 0.29) is 12.5 Å². The molecule has 1 N–H and O–H groups in total. The van der Waals surface area contributed by atoms with E-state index in [2.05, 4.69) is 20.4 Å². The van der Waals surface area contributed by atoms with Crippen molar-refractivity contribution < 1.29 is 9.53 Å². The molecule has 1 heterocycles. The van der Waals surface area contributed by atoms with Gasteiger partial charge in [-0.1, -0.05) is 12.0 Å². The van der Waals surface area contributed by atoms with Gasteiger partial charge < -0.3 is 10.1 Å². The van der Waals surface area contributed by atoms with Crippen LogP contribution in [0.15, 0.2) is 11.3 Å². The van der Waals surface area contributed by atoms with E-state index >= 15 is 0 Å². The largest absolute Gasteiger partial charge is 0.465 e. The van der Waals surface area contributed by atoms with Gasteiger partial charge in [0.15, 0.2) is 0 Å². The highest BCUT2D eigenvalue weighted by atomic mass is 16.5. The molecule has 1 unspecified atom stereocenters. The van der Waals surface area contributed by atoms with E-state index in [0.717, 1.165) is 17.7 Å². The maximum atomic E-state index is 12.1. The van der Waals surface area contributed by atoms with E-state index in [1.165, 1.54) is 0 Å². The first-order valence-corrected chi connectivity index (χ1v) is 6.57. The number of hydrogen-bond acceptors (Lipinski definition) is 5.